The third kappa shape index (κ3) is 3.51. The first-order valence-electron chi connectivity index (χ1n) is 7.02. The normalized spacial score (nSPS) is 20.9. The first-order chi connectivity index (χ1) is 9.65. The number of nitrogens with one attached hydrogen (secondary N) is 1. The maximum atomic E-state index is 14.4. The largest absolute Gasteiger partial charge is 0.375 e. The van der Waals surface area contributed by atoms with Crippen LogP contribution in [0.4, 0.5) is 8.78 Å². The van der Waals surface area contributed by atoms with E-state index in [9.17, 15) is 8.78 Å². The van der Waals surface area contributed by atoms with Gasteiger partial charge < -0.3 is 10.1 Å². The van der Waals surface area contributed by atoms with Gasteiger partial charge >= 0.3 is 0 Å². The molecule has 20 heavy (non-hydrogen) atoms. The molecule has 1 aromatic rings. The molecule has 1 aliphatic rings. The van der Waals surface area contributed by atoms with E-state index < -0.39 is 17.7 Å². The van der Waals surface area contributed by atoms with Gasteiger partial charge in [0.25, 0.3) is 0 Å². The maximum absolute atomic E-state index is 14.4. The molecule has 0 bridgehead atoms. The molecule has 1 aliphatic heterocycles. The number of aryl methyl sites for hydroxylation is 1. The molecule has 0 saturated carbocycles. The molecule has 2 rings (SSSR count). The second-order valence-electron chi connectivity index (χ2n) is 5.01. The van der Waals surface area contributed by atoms with Crippen LogP contribution in [0.5, 0.6) is 0 Å². The fourth-order valence-corrected chi connectivity index (χ4v) is 3.28. The summed E-state index contributed by atoms with van der Waals surface area (Å²) >= 11 is 1.77. The SMILES string of the molecule is CCCNC(c1c(F)ccc(C)c1F)C1CSCCO1. The second kappa shape index (κ2) is 7.38. The lowest BCUT2D eigenvalue weighted by atomic mass is 9.98. The summed E-state index contributed by atoms with van der Waals surface area (Å²) < 4.78 is 34.2. The van der Waals surface area contributed by atoms with Crippen LogP contribution in [0.1, 0.15) is 30.5 Å². The van der Waals surface area contributed by atoms with Crippen molar-refractivity contribution in [2.45, 2.75) is 32.4 Å². The van der Waals surface area contributed by atoms with Gasteiger partial charge in [-0.1, -0.05) is 13.0 Å². The van der Waals surface area contributed by atoms with Crippen LogP contribution in [0.25, 0.3) is 0 Å². The lowest BCUT2D eigenvalue weighted by Gasteiger charge is -2.32. The van der Waals surface area contributed by atoms with Crippen molar-refractivity contribution in [3.63, 3.8) is 0 Å². The Morgan fingerprint density at radius 3 is 2.90 bits per heavy atom. The zero-order valence-electron chi connectivity index (χ0n) is 11.9. The summed E-state index contributed by atoms with van der Waals surface area (Å²) in [6, 6.07) is 2.38. The Hall–Kier alpha value is -0.650. The van der Waals surface area contributed by atoms with Crippen molar-refractivity contribution in [3.05, 3.63) is 34.9 Å². The number of ether oxygens (including phenoxy) is 1. The number of benzene rings is 1. The van der Waals surface area contributed by atoms with Gasteiger partial charge in [0.05, 0.1) is 18.8 Å². The van der Waals surface area contributed by atoms with Crippen LogP contribution in [-0.2, 0) is 4.74 Å². The summed E-state index contributed by atoms with van der Waals surface area (Å²) in [4.78, 5) is 0. The average Bonchev–Trinajstić information content (AvgIpc) is 2.47. The third-order valence-corrected chi connectivity index (χ3v) is 4.48. The number of rotatable bonds is 5. The van der Waals surface area contributed by atoms with Gasteiger partial charge in [0.1, 0.15) is 11.6 Å². The van der Waals surface area contributed by atoms with E-state index in [0.717, 1.165) is 17.9 Å². The van der Waals surface area contributed by atoms with Crippen molar-refractivity contribution in [3.8, 4) is 0 Å². The highest BCUT2D eigenvalue weighted by Crippen LogP contribution is 2.30. The second-order valence-corrected chi connectivity index (χ2v) is 6.16. The molecule has 112 valence electrons. The molecule has 0 spiro atoms. The molecule has 1 fully saturated rings. The van der Waals surface area contributed by atoms with Crippen molar-refractivity contribution in [2.75, 3.05) is 24.7 Å². The van der Waals surface area contributed by atoms with E-state index in [1.807, 2.05) is 6.92 Å². The van der Waals surface area contributed by atoms with Crippen LogP contribution < -0.4 is 5.32 Å². The van der Waals surface area contributed by atoms with Crippen molar-refractivity contribution in [1.82, 2.24) is 5.32 Å². The van der Waals surface area contributed by atoms with E-state index in [2.05, 4.69) is 5.32 Å². The summed E-state index contributed by atoms with van der Waals surface area (Å²) in [6.07, 6.45) is 0.719. The fourth-order valence-electron chi connectivity index (χ4n) is 2.38. The Bertz CT molecular complexity index is 450. The minimum atomic E-state index is -0.499. The topological polar surface area (TPSA) is 21.3 Å². The lowest BCUT2D eigenvalue weighted by molar-refractivity contribution is 0.0448. The molecule has 0 radical (unpaired) electrons. The third-order valence-electron chi connectivity index (χ3n) is 3.46. The molecule has 1 N–H and O–H groups in total. The predicted octanol–water partition coefficient (Wildman–Crippen LogP) is 3.45. The highest BCUT2D eigenvalue weighted by Gasteiger charge is 2.30. The Balaban J connectivity index is 2.32. The number of hydrogen-bond acceptors (Lipinski definition) is 3. The molecule has 1 heterocycles. The Labute approximate surface area is 123 Å². The minimum Gasteiger partial charge on any atom is -0.375 e. The van der Waals surface area contributed by atoms with Crippen molar-refractivity contribution in [1.29, 1.82) is 0 Å². The zero-order chi connectivity index (χ0) is 14.5. The van der Waals surface area contributed by atoms with E-state index in [4.69, 9.17) is 4.74 Å². The zero-order valence-corrected chi connectivity index (χ0v) is 12.7. The maximum Gasteiger partial charge on any atom is 0.133 e. The first-order valence-corrected chi connectivity index (χ1v) is 8.17. The minimum absolute atomic E-state index is 0.117. The van der Waals surface area contributed by atoms with E-state index in [1.165, 1.54) is 12.1 Å². The van der Waals surface area contributed by atoms with Gasteiger partial charge in [-0.25, -0.2) is 8.78 Å². The number of thioether (sulfide) groups is 1. The molecule has 0 aromatic heterocycles. The molecular formula is C15H21F2NOS. The van der Waals surface area contributed by atoms with Gasteiger partial charge in [0.15, 0.2) is 0 Å². The summed E-state index contributed by atoms with van der Waals surface area (Å²) in [7, 11) is 0. The standard InChI is InChI=1S/C15H21F2NOS/c1-3-6-18-15(12-9-20-8-7-19-12)13-11(16)5-4-10(2)14(13)17/h4-5,12,15,18H,3,6-9H2,1-2H3. The molecule has 2 nitrogen and oxygen atoms in total. The van der Waals surface area contributed by atoms with E-state index in [1.54, 1.807) is 18.7 Å². The van der Waals surface area contributed by atoms with Crippen LogP contribution in [0, 0.1) is 18.6 Å². The van der Waals surface area contributed by atoms with Gasteiger partial charge in [-0.3, -0.25) is 0 Å². The Kier molecular flexibility index (Phi) is 5.81. The monoisotopic (exact) mass is 301 g/mol. The average molecular weight is 301 g/mol. The molecular weight excluding hydrogens is 280 g/mol. The lowest BCUT2D eigenvalue weighted by Crippen LogP contribution is -2.39. The molecule has 5 heteroatoms. The molecule has 2 atom stereocenters. The summed E-state index contributed by atoms with van der Waals surface area (Å²) in [6.45, 7) is 5.03. The first kappa shape index (κ1) is 15.7. The fraction of sp³-hybridized carbons (Fsp3) is 0.600. The molecule has 1 saturated heterocycles. The smallest absolute Gasteiger partial charge is 0.133 e. The number of halogens is 2. The van der Waals surface area contributed by atoms with E-state index in [0.29, 0.717) is 18.7 Å². The van der Waals surface area contributed by atoms with Crippen molar-refractivity contribution < 1.29 is 13.5 Å². The van der Waals surface area contributed by atoms with Crippen LogP contribution in [-0.4, -0.2) is 30.8 Å². The van der Waals surface area contributed by atoms with Gasteiger partial charge in [-0.05, 0) is 31.5 Å². The van der Waals surface area contributed by atoms with Gasteiger partial charge in [-0.15, -0.1) is 0 Å². The van der Waals surface area contributed by atoms with Gasteiger partial charge in [0.2, 0.25) is 0 Å². The number of hydrogen-bond donors (Lipinski definition) is 1. The van der Waals surface area contributed by atoms with Crippen LogP contribution in [0.3, 0.4) is 0 Å². The highest BCUT2D eigenvalue weighted by molar-refractivity contribution is 7.99. The van der Waals surface area contributed by atoms with E-state index >= 15 is 0 Å². The van der Waals surface area contributed by atoms with Crippen LogP contribution in [0.2, 0.25) is 0 Å². The highest BCUT2D eigenvalue weighted by atomic mass is 32.2. The van der Waals surface area contributed by atoms with Crippen LogP contribution >= 0.6 is 11.8 Å². The Morgan fingerprint density at radius 1 is 1.45 bits per heavy atom. The molecule has 1 aromatic carbocycles. The Morgan fingerprint density at radius 2 is 2.25 bits per heavy atom. The predicted molar refractivity (Wildman–Crippen MR) is 79.2 cm³/mol. The van der Waals surface area contributed by atoms with Crippen LogP contribution in [0.15, 0.2) is 12.1 Å². The molecule has 0 aliphatic carbocycles. The van der Waals surface area contributed by atoms with Crippen molar-refractivity contribution in [2.24, 2.45) is 0 Å². The molecule has 0 amide bonds. The summed E-state index contributed by atoms with van der Waals surface area (Å²) in [5.74, 6) is 0.739. The molecule has 2 unspecified atom stereocenters. The van der Waals surface area contributed by atoms with Gasteiger partial charge in [0, 0.05) is 17.1 Å². The van der Waals surface area contributed by atoms with Crippen molar-refractivity contribution >= 4 is 11.8 Å². The van der Waals surface area contributed by atoms with Gasteiger partial charge in [-0.2, -0.15) is 11.8 Å². The summed E-state index contributed by atoms with van der Waals surface area (Å²) in [5, 5.41) is 3.25. The van der Waals surface area contributed by atoms with E-state index in [-0.39, 0.29) is 11.7 Å². The summed E-state index contributed by atoms with van der Waals surface area (Å²) in [5.41, 5.74) is 0.583. The quantitative estimate of drug-likeness (QED) is 0.900.